The van der Waals surface area contributed by atoms with Crippen LogP contribution in [0.3, 0.4) is 0 Å². The largest absolute Gasteiger partial charge is 0.497 e. The Bertz CT molecular complexity index is 1110. The number of amides is 4. The van der Waals surface area contributed by atoms with Gasteiger partial charge in [0.1, 0.15) is 11.5 Å². The molecule has 0 atom stereocenters. The third-order valence-electron chi connectivity index (χ3n) is 4.97. The van der Waals surface area contributed by atoms with Gasteiger partial charge in [-0.05, 0) is 80.1 Å². The summed E-state index contributed by atoms with van der Waals surface area (Å²) in [5.41, 5.74) is 1.95. The monoisotopic (exact) mass is 496 g/mol. The number of carbonyl (C=O) groups excluding carboxylic acids is 2. The van der Waals surface area contributed by atoms with Gasteiger partial charge >= 0.3 is 12.1 Å². The number of ether oxygens (including phenoxy) is 2. The van der Waals surface area contributed by atoms with Gasteiger partial charge in [-0.3, -0.25) is 4.90 Å². The van der Waals surface area contributed by atoms with Crippen LogP contribution >= 0.6 is 11.6 Å². The molecule has 0 bridgehead atoms. The van der Waals surface area contributed by atoms with E-state index in [9.17, 15) is 9.59 Å². The molecular formula is C26H29ClN4O4. The molecule has 0 aliphatic carbocycles. The topological polar surface area (TPSA) is 91.9 Å². The zero-order valence-electron chi connectivity index (χ0n) is 19.7. The Kier molecular flexibility index (Phi) is 9.62. The van der Waals surface area contributed by atoms with Crippen molar-refractivity contribution >= 4 is 40.7 Å². The minimum Gasteiger partial charge on any atom is -0.497 e. The number of benzene rings is 3. The first-order chi connectivity index (χ1) is 17.0. The van der Waals surface area contributed by atoms with E-state index in [1.54, 1.807) is 72.7 Å². The van der Waals surface area contributed by atoms with E-state index in [0.29, 0.717) is 54.0 Å². The molecule has 3 aromatic carbocycles. The first-order valence-electron chi connectivity index (χ1n) is 11.2. The summed E-state index contributed by atoms with van der Waals surface area (Å²) in [7, 11) is 1.59. The van der Waals surface area contributed by atoms with Crippen molar-refractivity contribution in [2.75, 3.05) is 42.3 Å². The van der Waals surface area contributed by atoms with Gasteiger partial charge < -0.3 is 25.4 Å². The fourth-order valence-electron chi connectivity index (χ4n) is 3.28. The van der Waals surface area contributed by atoms with Crippen molar-refractivity contribution in [2.45, 2.75) is 13.3 Å². The Morgan fingerprint density at radius 1 is 0.914 bits per heavy atom. The van der Waals surface area contributed by atoms with Gasteiger partial charge in [-0.2, -0.15) is 0 Å². The smallest absolute Gasteiger partial charge is 0.326 e. The Morgan fingerprint density at radius 3 is 2.29 bits per heavy atom. The van der Waals surface area contributed by atoms with E-state index >= 15 is 0 Å². The number of halogens is 1. The number of nitrogens with one attached hydrogen (secondary N) is 3. The van der Waals surface area contributed by atoms with Gasteiger partial charge in [-0.15, -0.1) is 0 Å². The number of anilines is 3. The second-order valence-corrected chi connectivity index (χ2v) is 7.92. The molecule has 0 saturated heterocycles. The van der Waals surface area contributed by atoms with Crippen molar-refractivity contribution in [1.29, 1.82) is 0 Å². The molecule has 3 N–H and O–H groups in total. The lowest BCUT2D eigenvalue weighted by molar-refractivity contribution is 0.252. The van der Waals surface area contributed by atoms with Crippen molar-refractivity contribution in [3.63, 3.8) is 0 Å². The molecule has 35 heavy (non-hydrogen) atoms. The summed E-state index contributed by atoms with van der Waals surface area (Å²) in [6.45, 7) is 3.25. The average molecular weight is 497 g/mol. The molecule has 0 fully saturated rings. The molecule has 4 amide bonds. The SMILES string of the molecule is CCOc1ccc(NC(=O)NCCCN(C(=O)Nc2cccc(Cl)c2)c2ccc(OC)cc2)cc1. The lowest BCUT2D eigenvalue weighted by atomic mass is 10.2. The predicted octanol–water partition coefficient (Wildman–Crippen LogP) is 6.00. The van der Waals surface area contributed by atoms with Crippen LogP contribution in [0.15, 0.2) is 72.8 Å². The highest BCUT2D eigenvalue weighted by Crippen LogP contribution is 2.22. The van der Waals surface area contributed by atoms with Crippen LogP contribution in [0.25, 0.3) is 0 Å². The van der Waals surface area contributed by atoms with Crippen LogP contribution in [-0.4, -0.2) is 38.9 Å². The van der Waals surface area contributed by atoms with Crippen LogP contribution in [0.5, 0.6) is 11.5 Å². The minimum atomic E-state index is -0.325. The Balaban J connectivity index is 1.56. The number of nitrogens with zero attached hydrogens (tertiary/aromatic N) is 1. The first-order valence-corrected chi connectivity index (χ1v) is 11.6. The van der Waals surface area contributed by atoms with Gasteiger partial charge in [0.25, 0.3) is 0 Å². The van der Waals surface area contributed by atoms with Gasteiger partial charge in [0.2, 0.25) is 0 Å². The lowest BCUT2D eigenvalue weighted by Crippen LogP contribution is -2.38. The van der Waals surface area contributed by atoms with E-state index in [1.165, 1.54) is 0 Å². The molecule has 9 heteroatoms. The molecule has 0 radical (unpaired) electrons. The zero-order valence-corrected chi connectivity index (χ0v) is 20.5. The molecule has 0 unspecified atom stereocenters. The van der Waals surface area contributed by atoms with Crippen LogP contribution in [-0.2, 0) is 0 Å². The molecule has 0 saturated carbocycles. The molecule has 0 aliphatic heterocycles. The van der Waals surface area contributed by atoms with Crippen molar-refractivity contribution in [2.24, 2.45) is 0 Å². The predicted molar refractivity (Wildman–Crippen MR) is 140 cm³/mol. The van der Waals surface area contributed by atoms with Crippen LogP contribution in [0.4, 0.5) is 26.7 Å². The second-order valence-electron chi connectivity index (χ2n) is 7.48. The van der Waals surface area contributed by atoms with Crippen molar-refractivity contribution < 1.29 is 19.1 Å². The molecule has 0 spiro atoms. The maximum Gasteiger partial charge on any atom is 0.326 e. The third kappa shape index (κ3) is 8.12. The minimum absolute atomic E-state index is 0.309. The number of hydrogen-bond acceptors (Lipinski definition) is 4. The quantitative estimate of drug-likeness (QED) is 0.300. The Morgan fingerprint density at radius 2 is 1.63 bits per heavy atom. The molecule has 0 heterocycles. The summed E-state index contributed by atoms with van der Waals surface area (Å²) in [5, 5.41) is 8.99. The lowest BCUT2D eigenvalue weighted by Gasteiger charge is -2.24. The summed E-state index contributed by atoms with van der Waals surface area (Å²) in [6.07, 6.45) is 0.533. The summed E-state index contributed by atoms with van der Waals surface area (Å²) in [6, 6.07) is 20.7. The van der Waals surface area contributed by atoms with E-state index in [-0.39, 0.29) is 12.1 Å². The van der Waals surface area contributed by atoms with Gasteiger partial charge in [0.15, 0.2) is 0 Å². The highest BCUT2D eigenvalue weighted by molar-refractivity contribution is 6.30. The van der Waals surface area contributed by atoms with Gasteiger partial charge in [-0.1, -0.05) is 17.7 Å². The first kappa shape index (κ1) is 25.7. The van der Waals surface area contributed by atoms with Gasteiger partial charge in [0, 0.05) is 35.2 Å². The molecule has 3 rings (SSSR count). The Hall–Kier alpha value is -3.91. The molecule has 0 aromatic heterocycles. The number of rotatable bonds is 10. The molecule has 8 nitrogen and oxygen atoms in total. The number of methoxy groups -OCH3 is 1. The number of hydrogen-bond donors (Lipinski definition) is 3. The molecule has 184 valence electrons. The van der Waals surface area contributed by atoms with Crippen molar-refractivity contribution in [3.05, 3.63) is 77.8 Å². The fourth-order valence-corrected chi connectivity index (χ4v) is 3.47. The van der Waals surface area contributed by atoms with Gasteiger partial charge in [0.05, 0.1) is 13.7 Å². The maximum atomic E-state index is 13.1. The third-order valence-corrected chi connectivity index (χ3v) is 5.21. The van der Waals surface area contributed by atoms with Gasteiger partial charge in [-0.25, -0.2) is 9.59 Å². The number of urea groups is 2. The molecule has 0 aliphatic rings. The summed E-state index contributed by atoms with van der Waals surface area (Å²) >= 11 is 6.04. The second kappa shape index (κ2) is 13.1. The van der Waals surface area contributed by atoms with E-state index < -0.39 is 0 Å². The van der Waals surface area contributed by atoms with Crippen molar-refractivity contribution in [1.82, 2.24) is 5.32 Å². The van der Waals surface area contributed by atoms with E-state index in [1.807, 2.05) is 19.1 Å². The van der Waals surface area contributed by atoms with Crippen LogP contribution in [0.2, 0.25) is 5.02 Å². The molecular weight excluding hydrogens is 468 g/mol. The van der Waals surface area contributed by atoms with E-state index in [4.69, 9.17) is 21.1 Å². The van der Waals surface area contributed by atoms with E-state index in [0.717, 1.165) is 5.75 Å². The van der Waals surface area contributed by atoms with Crippen LogP contribution in [0, 0.1) is 0 Å². The Labute approximate surface area is 210 Å². The van der Waals surface area contributed by atoms with Crippen LogP contribution < -0.4 is 30.3 Å². The highest BCUT2D eigenvalue weighted by Gasteiger charge is 2.16. The maximum absolute atomic E-state index is 13.1. The normalized spacial score (nSPS) is 10.3. The van der Waals surface area contributed by atoms with Crippen LogP contribution in [0.1, 0.15) is 13.3 Å². The highest BCUT2D eigenvalue weighted by atomic mass is 35.5. The average Bonchev–Trinajstić information content (AvgIpc) is 2.85. The summed E-state index contributed by atoms with van der Waals surface area (Å²) in [5.74, 6) is 1.43. The standard InChI is InChI=1S/C26H29ClN4O4/c1-3-35-24-12-8-20(9-13-24)29-25(32)28-16-5-17-31(22-10-14-23(34-2)15-11-22)26(33)30-21-7-4-6-19(27)18-21/h4,6-15,18H,3,5,16-17H2,1-2H3,(H,30,33)(H2,28,29,32). The summed E-state index contributed by atoms with van der Waals surface area (Å²) in [4.78, 5) is 26.9. The van der Waals surface area contributed by atoms with E-state index in [2.05, 4.69) is 16.0 Å². The number of carbonyl (C=O) groups is 2. The molecule has 3 aromatic rings. The van der Waals surface area contributed by atoms with Crippen molar-refractivity contribution in [3.8, 4) is 11.5 Å². The zero-order chi connectivity index (χ0) is 25.0. The summed E-state index contributed by atoms with van der Waals surface area (Å²) < 4.78 is 10.6. The fraction of sp³-hybridized carbons (Fsp3) is 0.231.